The van der Waals surface area contributed by atoms with Crippen molar-refractivity contribution in [2.24, 2.45) is 0 Å². The summed E-state index contributed by atoms with van der Waals surface area (Å²) in [6.45, 7) is 1.88. The molecule has 1 heterocycles. The Morgan fingerprint density at radius 1 is 1.15 bits per heavy atom. The molecule has 3 aromatic rings. The summed E-state index contributed by atoms with van der Waals surface area (Å²) in [5.41, 5.74) is 2.14. The molecule has 0 aliphatic rings. The zero-order valence-electron chi connectivity index (χ0n) is 13.8. The largest absolute Gasteiger partial charge is 0.478 e. The molecule has 26 heavy (non-hydrogen) atoms. The number of carbonyl (C=O) groups is 1. The molecule has 0 fully saturated rings. The smallest absolute Gasteiger partial charge is 0.337 e. The third kappa shape index (κ3) is 3.58. The van der Waals surface area contributed by atoms with Gasteiger partial charge in [-0.15, -0.1) is 0 Å². The van der Waals surface area contributed by atoms with E-state index in [1.165, 1.54) is 24.3 Å². The molecule has 0 aliphatic heterocycles. The highest BCUT2D eigenvalue weighted by molar-refractivity contribution is 6.30. The molecule has 0 spiro atoms. The van der Waals surface area contributed by atoms with Crippen LogP contribution in [0.5, 0.6) is 0 Å². The Labute approximate surface area is 153 Å². The Hall–Kier alpha value is -2.79. The van der Waals surface area contributed by atoms with Crippen molar-refractivity contribution in [2.45, 2.75) is 13.3 Å². The lowest BCUT2D eigenvalue weighted by Crippen LogP contribution is -2.07. The average molecular weight is 374 g/mol. The second-order valence-corrected chi connectivity index (χ2v) is 6.28. The Morgan fingerprint density at radius 3 is 2.65 bits per heavy atom. The van der Waals surface area contributed by atoms with E-state index < -0.39 is 17.6 Å². The summed E-state index contributed by atoms with van der Waals surface area (Å²) in [6.07, 6.45) is 0.207. The fraction of sp³-hybridized carbons (Fsp3) is 0.100. The van der Waals surface area contributed by atoms with Gasteiger partial charge in [0.1, 0.15) is 0 Å². The molecule has 1 N–H and O–H groups in total. The van der Waals surface area contributed by atoms with E-state index in [0.29, 0.717) is 5.02 Å². The minimum absolute atomic E-state index is 0.00457. The van der Waals surface area contributed by atoms with E-state index in [4.69, 9.17) is 11.6 Å². The number of carboxylic acid groups (broad SMARTS) is 1. The van der Waals surface area contributed by atoms with Crippen molar-refractivity contribution in [1.82, 2.24) is 4.98 Å². The lowest BCUT2D eigenvalue weighted by atomic mass is 10.00. The van der Waals surface area contributed by atoms with E-state index in [-0.39, 0.29) is 28.9 Å². The second kappa shape index (κ2) is 7.22. The molecule has 6 heteroatoms. The fourth-order valence-corrected chi connectivity index (χ4v) is 2.89. The first-order valence-corrected chi connectivity index (χ1v) is 8.17. The van der Waals surface area contributed by atoms with Gasteiger partial charge in [0.25, 0.3) is 0 Å². The summed E-state index contributed by atoms with van der Waals surface area (Å²) in [4.78, 5) is 15.8. The van der Waals surface area contributed by atoms with Gasteiger partial charge in [-0.1, -0.05) is 23.7 Å². The van der Waals surface area contributed by atoms with E-state index >= 15 is 0 Å². The number of hydrogen-bond acceptors (Lipinski definition) is 2. The predicted octanol–water partition coefficient (Wildman–Crippen LogP) is 5.28. The minimum Gasteiger partial charge on any atom is -0.478 e. The molecule has 3 nitrogen and oxygen atoms in total. The highest BCUT2D eigenvalue weighted by Gasteiger charge is 2.17. The summed E-state index contributed by atoms with van der Waals surface area (Å²) in [7, 11) is 0. The topological polar surface area (TPSA) is 50.2 Å². The van der Waals surface area contributed by atoms with Gasteiger partial charge < -0.3 is 5.11 Å². The Bertz CT molecular complexity index is 1010. The van der Waals surface area contributed by atoms with E-state index in [1.807, 2.05) is 13.0 Å². The quantitative estimate of drug-likeness (QED) is 0.677. The third-order valence-corrected chi connectivity index (χ3v) is 4.34. The molecule has 0 saturated heterocycles. The summed E-state index contributed by atoms with van der Waals surface area (Å²) >= 11 is 6.02. The van der Waals surface area contributed by atoms with Crippen LogP contribution in [0, 0.1) is 18.6 Å². The van der Waals surface area contributed by atoms with Gasteiger partial charge in [-0.2, -0.15) is 0 Å². The standard InChI is InChI=1S/C20H14ClF2NO2/c1-11-5-6-13(21)9-12(11)10-18-15(20(25)26)7-8-17(24-18)14-3-2-4-16(22)19(14)23/h2-9H,10H2,1H3,(H,25,26). The van der Waals surface area contributed by atoms with Crippen LogP contribution < -0.4 is 0 Å². The number of benzene rings is 2. The van der Waals surface area contributed by atoms with Gasteiger partial charge >= 0.3 is 5.97 Å². The lowest BCUT2D eigenvalue weighted by Gasteiger charge is -2.11. The summed E-state index contributed by atoms with van der Waals surface area (Å²) in [5.74, 6) is -3.15. The third-order valence-electron chi connectivity index (χ3n) is 4.10. The van der Waals surface area contributed by atoms with Gasteiger partial charge in [-0.25, -0.2) is 13.6 Å². The highest BCUT2D eigenvalue weighted by Crippen LogP contribution is 2.26. The molecule has 0 aliphatic carbocycles. The average Bonchev–Trinajstić information content (AvgIpc) is 2.60. The van der Waals surface area contributed by atoms with Gasteiger partial charge in [0.2, 0.25) is 0 Å². The molecule has 0 radical (unpaired) electrons. The lowest BCUT2D eigenvalue weighted by molar-refractivity contribution is 0.0695. The number of nitrogens with zero attached hydrogens (tertiary/aromatic N) is 1. The number of aryl methyl sites for hydroxylation is 1. The van der Waals surface area contributed by atoms with E-state index in [2.05, 4.69) is 4.98 Å². The molecule has 0 bridgehead atoms. The van der Waals surface area contributed by atoms with Crippen LogP contribution in [-0.4, -0.2) is 16.1 Å². The maximum atomic E-state index is 14.1. The number of halogens is 3. The molecule has 1 aromatic heterocycles. The molecular formula is C20H14ClF2NO2. The van der Waals surface area contributed by atoms with Gasteiger partial charge in [0.15, 0.2) is 11.6 Å². The fourth-order valence-electron chi connectivity index (χ4n) is 2.69. The van der Waals surface area contributed by atoms with Crippen molar-refractivity contribution in [3.05, 3.63) is 87.6 Å². The van der Waals surface area contributed by atoms with E-state index in [0.717, 1.165) is 17.2 Å². The van der Waals surface area contributed by atoms with Crippen LogP contribution in [0.1, 0.15) is 27.2 Å². The Balaban J connectivity index is 2.12. The van der Waals surface area contributed by atoms with Gasteiger partial charge in [0, 0.05) is 17.0 Å². The Kier molecular flexibility index (Phi) is 5.00. The van der Waals surface area contributed by atoms with Crippen LogP contribution >= 0.6 is 11.6 Å². The first kappa shape index (κ1) is 18.0. The highest BCUT2D eigenvalue weighted by atomic mass is 35.5. The van der Waals surface area contributed by atoms with Crippen LogP contribution in [0.2, 0.25) is 5.02 Å². The molecule has 0 amide bonds. The van der Waals surface area contributed by atoms with Crippen molar-refractivity contribution in [1.29, 1.82) is 0 Å². The van der Waals surface area contributed by atoms with Crippen molar-refractivity contribution < 1.29 is 18.7 Å². The maximum Gasteiger partial charge on any atom is 0.337 e. The molecule has 132 valence electrons. The first-order chi connectivity index (χ1) is 12.4. The van der Waals surface area contributed by atoms with Gasteiger partial charge in [0.05, 0.1) is 17.0 Å². The van der Waals surface area contributed by atoms with Crippen LogP contribution in [0.15, 0.2) is 48.5 Å². The van der Waals surface area contributed by atoms with Crippen LogP contribution in [-0.2, 0) is 6.42 Å². The number of aromatic carboxylic acids is 1. The number of pyridine rings is 1. The number of hydrogen-bond donors (Lipinski definition) is 1. The summed E-state index contributed by atoms with van der Waals surface area (Å²) < 4.78 is 27.6. The molecular weight excluding hydrogens is 360 g/mol. The summed E-state index contributed by atoms with van der Waals surface area (Å²) in [5, 5.41) is 9.95. The van der Waals surface area contributed by atoms with Crippen molar-refractivity contribution >= 4 is 17.6 Å². The van der Waals surface area contributed by atoms with Crippen LogP contribution in [0.3, 0.4) is 0 Å². The summed E-state index contributed by atoms with van der Waals surface area (Å²) in [6, 6.07) is 11.8. The normalized spacial score (nSPS) is 10.8. The zero-order valence-corrected chi connectivity index (χ0v) is 14.5. The zero-order chi connectivity index (χ0) is 18.8. The number of rotatable bonds is 4. The monoisotopic (exact) mass is 373 g/mol. The van der Waals surface area contributed by atoms with Crippen molar-refractivity contribution in [3.8, 4) is 11.3 Å². The Morgan fingerprint density at radius 2 is 1.92 bits per heavy atom. The SMILES string of the molecule is Cc1ccc(Cl)cc1Cc1nc(-c2cccc(F)c2F)ccc1C(=O)O. The molecule has 0 saturated carbocycles. The van der Waals surface area contributed by atoms with Crippen LogP contribution in [0.25, 0.3) is 11.3 Å². The van der Waals surface area contributed by atoms with E-state index in [1.54, 1.807) is 12.1 Å². The minimum atomic E-state index is -1.14. The second-order valence-electron chi connectivity index (χ2n) is 5.84. The van der Waals surface area contributed by atoms with E-state index in [9.17, 15) is 18.7 Å². The number of aromatic nitrogens is 1. The first-order valence-electron chi connectivity index (χ1n) is 7.79. The van der Waals surface area contributed by atoms with Crippen molar-refractivity contribution in [3.63, 3.8) is 0 Å². The molecule has 3 rings (SSSR count). The molecule has 2 aromatic carbocycles. The maximum absolute atomic E-state index is 14.1. The predicted molar refractivity (Wildman–Crippen MR) is 95.5 cm³/mol. The van der Waals surface area contributed by atoms with Gasteiger partial charge in [-0.05, 0) is 54.4 Å². The van der Waals surface area contributed by atoms with Gasteiger partial charge in [-0.3, -0.25) is 4.98 Å². The molecule has 0 unspecified atom stereocenters. The van der Waals surface area contributed by atoms with Crippen molar-refractivity contribution in [2.75, 3.05) is 0 Å². The molecule has 0 atom stereocenters. The number of carboxylic acids is 1. The van der Waals surface area contributed by atoms with Crippen LogP contribution in [0.4, 0.5) is 8.78 Å².